The van der Waals surface area contributed by atoms with Crippen LogP contribution < -0.4 is 10.6 Å². The second-order valence-electron chi connectivity index (χ2n) is 2.95. The minimum absolute atomic E-state index is 0.0456. The molecule has 76 valence electrons. The molecule has 0 saturated heterocycles. The van der Waals surface area contributed by atoms with E-state index < -0.39 is 0 Å². The summed E-state index contributed by atoms with van der Waals surface area (Å²) >= 11 is 0. The molecule has 13 heavy (non-hydrogen) atoms. The zero-order valence-electron chi connectivity index (χ0n) is 8.30. The van der Waals surface area contributed by atoms with Crippen LogP contribution in [-0.2, 0) is 9.59 Å². The van der Waals surface area contributed by atoms with Crippen molar-refractivity contribution in [2.45, 2.75) is 32.2 Å². The maximum Gasteiger partial charge on any atom is 0.220 e. The first-order valence-electron chi connectivity index (χ1n) is 4.63. The molecule has 0 spiro atoms. The molecule has 1 amide bonds. The molecule has 0 bridgehead atoms. The number of rotatable bonds is 7. The number of hydrogen-bond acceptors (Lipinski definition) is 3. The lowest BCUT2D eigenvalue weighted by atomic mass is 10.2. The number of aldehydes is 1. The van der Waals surface area contributed by atoms with Crippen LogP contribution in [0.2, 0.25) is 0 Å². The minimum atomic E-state index is -0.341. The Labute approximate surface area is 79.1 Å². The molecular formula is C9H18N2O2. The van der Waals surface area contributed by atoms with Gasteiger partial charge in [0.2, 0.25) is 5.91 Å². The molecule has 0 aromatic rings. The van der Waals surface area contributed by atoms with Gasteiger partial charge in [-0.3, -0.25) is 4.79 Å². The van der Waals surface area contributed by atoms with E-state index >= 15 is 0 Å². The van der Waals surface area contributed by atoms with Crippen molar-refractivity contribution in [2.75, 3.05) is 13.6 Å². The van der Waals surface area contributed by atoms with Crippen LogP contribution in [0.1, 0.15) is 26.2 Å². The Balaban J connectivity index is 3.69. The largest absolute Gasteiger partial charge is 0.347 e. The highest BCUT2D eigenvalue weighted by Crippen LogP contribution is 1.91. The second kappa shape index (κ2) is 7.73. The number of nitrogens with one attached hydrogen (secondary N) is 2. The van der Waals surface area contributed by atoms with Gasteiger partial charge in [0.1, 0.15) is 6.29 Å². The molecule has 0 saturated carbocycles. The van der Waals surface area contributed by atoms with Crippen LogP contribution >= 0.6 is 0 Å². The molecule has 0 aliphatic rings. The first-order valence-corrected chi connectivity index (χ1v) is 4.63. The summed E-state index contributed by atoms with van der Waals surface area (Å²) in [6.45, 7) is 2.67. The van der Waals surface area contributed by atoms with Gasteiger partial charge in [0.25, 0.3) is 0 Å². The Kier molecular flexibility index (Phi) is 7.20. The van der Waals surface area contributed by atoms with E-state index in [9.17, 15) is 9.59 Å². The van der Waals surface area contributed by atoms with E-state index in [4.69, 9.17) is 0 Å². The molecule has 0 aromatic heterocycles. The molecule has 0 aliphatic carbocycles. The Hall–Kier alpha value is -0.900. The molecule has 0 heterocycles. The monoisotopic (exact) mass is 186 g/mol. The fraction of sp³-hybridized carbons (Fsp3) is 0.778. The van der Waals surface area contributed by atoms with Crippen LogP contribution in [0.15, 0.2) is 0 Å². The third kappa shape index (κ3) is 6.28. The molecule has 1 atom stereocenters. The third-order valence-corrected chi connectivity index (χ3v) is 1.69. The van der Waals surface area contributed by atoms with Crippen molar-refractivity contribution in [2.24, 2.45) is 0 Å². The van der Waals surface area contributed by atoms with E-state index in [0.717, 1.165) is 19.3 Å². The number of hydrogen-bond donors (Lipinski definition) is 2. The number of carbonyl (C=O) groups is 2. The summed E-state index contributed by atoms with van der Waals surface area (Å²) in [7, 11) is 1.82. The predicted molar refractivity (Wildman–Crippen MR) is 51.4 cm³/mol. The number of amides is 1. The topological polar surface area (TPSA) is 58.2 Å². The van der Waals surface area contributed by atoms with E-state index in [-0.39, 0.29) is 11.9 Å². The predicted octanol–water partition coefficient (Wildman–Crippen LogP) is 0.0797. The fourth-order valence-electron chi connectivity index (χ4n) is 0.980. The van der Waals surface area contributed by atoms with E-state index in [1.807, 2.05) is 14.0 Å². The standard InChI is InChI=1S/C9H18N2O2/c1-3-4-9(13)11-8(7-12)5-6-10-2/h7-8,10H,3-6H2,1-2H3,(H,11,13). The van der Waals surface area contributed by atoms with Crippen molar-refractivity contribution in [3.05, 3.63) is 0 Å². The van der Waals surface area contributed by atoms with E-state index in [1.54, 1.807) is 0 Å². The van der Waals surface area contributed by atoms with Crippen molar-refractivity contribution < 1.29 is 9.59 Å². The van der Waals surface area contributed by atoms with Crippen LogP contribution in [-0.4, -0.2) is 31.8 Å². The Morgan fingerprint density at radius 2 is 2.23 bits per heavy atom. The van der Waals surface area contributed by atoms with Gasteiger partial charge in [0, 0.05) is 6.42 Å². The Bertz CT molecular complexity index is 160. The summed E-state index contributed by atoms with van der Waals surface area (Å²) in [5, 5.41) is 5.58. The molecule has 1 unspecified atom stereocenters. The summed E-state index contributed by atoms with van der Waals surface area (Å²) in [4.78, 5) is 21.6. The van der Waals surface area contributed by atoms with Gasteiger partial charge in [-0.05, 0) is 26.4 Å². The van der Waals surface area contributed by atoms with Crippen LogP contribution in [0.5, 0.6) is 0 Å². The highest BCUT2D eigenvalue weighted by molar-refractivity contribution is 5.79. The minimum Gasteiger partial charge on any atom is -0.347 e. The number of carbonyl (C=O) groups excluding carboxylic acids is 2. The Morgan fingerprint density at radius 3 is 2.69 bits per heavy atom. The molecule has 2 N–H and O–H groups in total. The summed E-state index contributed by atoms with van der Waals surface area (Å²) in [5.74, 6) is -0.0456. The van der Waals surface area contributed by atoms with Crippen LogP contribution in [0, 0.1) is 0 Å². The van der Waals surface area contributed by atoms with Crippen molar-refractivity contribution in [3.8, 4) is 0 Å². The van der Waals surface area contributed by atoms with E-state index in [2.05, 4.69) is 10.6 Å². The first kappa shape index (κ1) is 12.1. The normalized spacial score (nSPS) is 12.2. The van der Waals surface area contributed by atoms with Crippen molar-refractivity contribution in [1.29, 1.82) is 0 Å². The van der Waals surface area contributed by atoms with Gasteiger partial charge >= 0.3 is 0 Å². The maximum atomic E-state index is 11.1. The van der Waals surface area contributed by atoms with E-state index in [1.165, 1.54) is 0 Å². The average Bonchev–Trinajstić information content (AvgIpc) is 2.12. The highest BCUT2D eigenvalue weighted by atomic mass is 16.2. The Morgan fingerprint density at radius 1 is 1.54 bits per heavy atom. The molecule has 0 fully saturated rings. The van der Waals surface area contributed by atoms with Crippen LogP contribution in [0.25, 0.3) is 0 Å². The summed E-state index contributed by atoms with van der Waals surface area (Å²) in [5.41, 5.74) is 0. The lowest BCUT2D eigenvalue weighted by molar-refractivity contribution is -0.124. The average molecular weight is 186 g/mol. The smallest absolute Gasteiger partial charge is 0.220 e. The van der Waals surface area contributed by atoms with Crippen molar-refractivity contribution in [1.82, 2.24) is 10.6 Å². The quantitative estimate of drug-likeness (QED) is 0.554. The van der Waals surface area contributed by atoms with Gasteiger partial charge in [-0.1, -0.05) is 6.92 Å². The lowest BCUT2D eigenvalue weighted by Gasteiger charge is -2.11. The summed E-state index contributed by atoms with van der Waals surface area (Å²) in [6.07, 6.45) is 2.73. The molecule has 0 radical (unpaired) electrons. The second-order valence-corrected chi connectivity index (χ2v) is 2.95. The third-order valence-electron chi connectivity index (χ3n) is 1.69. The van der Waals surface area contributed by atoms with Gasteiger partial charge in [-0.15, -0.1) is 0 Å². The molecular weight excluding hydrogens is 168 g/mol. The van der Waals surface area contributed by atoms with Crippen molar-refractivity contribution in [3.63, 3.8) is 0 Å². The van der Waals surface area contributed by atoms with Crippen molar-refractivity contribution >= 4 is 12.2 Å². The van der Waals surface area contributed by atoms with E-state index in [0.29, 0.717) is 12.8 Å². The van der Waals surface area contributed by atoms with Crippen LogP contribution in [0.4, 0.5) is 0 Å². The van der Waals surface area contributed by atoms with Gasteiger partial charge in [0.05, 0.1) is 6.04 Å². The zero-order chi connectivity index (χ0) is 10.1. The molecule has 4 heteroatoms. The summed E-state index contributed by atoms with van der Waals surface area (Å²) < 4.78 is 0. The summed E-state index contributed by atoms with van der Waals surface area (Å²) in [6, 6.07) is -0.341. The molecule has 0 rings (SSSR count). The van der Waals surface area contributed by atoms with Gasteiger partial charge in [-0.25, -0.2) is 0 Å². The fourth-order valence-corrected chi connectivity index (χ4v) is 0.980. The van der Waals surface area contributed by atoms with Gasteiger partial charge in [-0.2, -0.15) is 0 Å². The lowest BCUT2D eigenvalue weighted by Crippen LogP contribution is -2.37. The molecule has 0 aromatic carbocycles. The molecule has 0 aliphatic heterocycles. The first-order chi connectivity index (χ1) is 6.24. The zero-order valence-corrected chi connectivity index (χ0v) is 8.30. The maximum absolute atomic E-state index is 11.1. The molecule has 4 nitrogen and oxygen atoms in total. The highest BCUT2D eigenvalue weighted by Gasteiger charge is 2.09. The van der Waals surface area contributed by atoms with Gasteiger partial charge < -0.3 is 15.4 Å². The SMILES string of the molecule is CCCC(=O)NC(C=O)CCNC. The van der Waals surface area contributed by atoms with Gasteiger partial charge in [0.15, 0.2) is 0 Å². The van der Waals surface area contributed by atoms with Crippen LogP contribution in [0.3, 0.4) is 0 Å².